The van der Waals surface area contributed by atoms with E-state index in [0.717, 1.165) is 17.7 Å². The Morgan fingerprint density at radius 3 is 2.71 bits per heavy atom. The lowest BCUT2D eigenvalue weighted by atomic mass is 9.88. The second-order valence-electron chi connectivity index (χ2n) is 7.99. The topological polar surface area (TPSA) is 118 Å². The first-order valence-electron chi connectivity index (χ1n) is 9.77. The highest BCUT2D eigenvalue weighted by Gasteiger charge is 2.54. The molecule has 3 heterocycles. The molecule has 1 saturated heterocycles. The number of thioether (sulfide) groups is 1. The molecule has 2 atom stereocenters. The molecule has 8 nitrogen and oxygen atoms in total. The average Bonchev–Trinajstić information content (AvgIpc) is 3.18. The van der Waals surface area contributed by atoms with Gasteiger partial charge in [0, 0.05) is 30.4 Å². The van der Waals surface area contributed by atoms with E-state index in [1.54, 1.807) is 42.1 Å². The molecule has 5 rings (SSSR count). The Balaban J connectivity index is 1.44. The van der Waals surface area contributed by atoms with Crippen LogP contribution in [-0.2, 0) is 26.5 Å². The van der Waals surface area contributed by atoms with Crippen LogP contribution in [-0.4, -0.2) is 46.2 Å². The molecular weight excluding hydrogens is 416 g/mol. The molecule has 2 aromatic carbocycles. The number of amides is 3. The van der Waals surface area contributed by atoms with Crippen molar-refractivity contribution < 1.29 is 19.5 Å². The van der Waals surface area contributed by atoms with E-state index in [9.17, 15) is 14.4 Å². The largest absolute Gasteiger partial charge is 0.593 e. The number of hydrogen-bond acceptors (Lipinski definition) is 6. The lowest BCUT2D eigenvalue weighted by Gasteiger charge is -2.32. The first kappa shape index (κ1) is 19.7. The molecule has 158 valence electrons. The van der Waals surface area contributed by atoms with Gasteiger partial charge in [-0.15, -0.1) is 0 Å². The molecule has 0 spiro atoms. The lowest BCUT2D eigenvalue weighted by molar-refractivity contribution is -0.130. The summed E-state index contributed by atoms with van der Waals surface area (Å²) in [4.78, 5) is 40.3. The standard InChI is InChI=1S/C22H20N4O4S/c23-21(20(30)24-13-27,11-25-10-14-9-17(28)5-6-18(14)19(25)29)15-1-3-16(4-2-15)22-12-26(22)7-8-31-22/h1-9,13,28H,10-12,23H2,(H,24,27,30)/p+1. The second-order valence-corrected chi connectivity index (χ2v) is 9.17. The van der Waals surface area contributed by atoms with Gasteiger partial charge < -0.3 is 20.6 Å². The van der Waals surface area contributed by atoms with Crippen molar-refractivity contribution in [3.8, 4) is 5.75 Å². The maximum absolute atomic E-state index is 12.9. The first-order valence-corrected chi connectivity index (χ1v) is 10.6. The molecule has 31 heavy (non-hydrogen) atoms. The zero-order valence-corrected chi connectivity index (χ0v) is 17.3. The highest BCUT2D eigenvalue weighted by molar-refractivity contribution is 8.03. The summed E-state index contributed by atoms with van der Waals surface area (Å²) in [5.41, 5.74) is 7.82. The van der Waals surface area contributed by atoms with E-state index in [2.05, 4.69) is 21.8 Å². The van der Waals surface area contributed by atoms with Gasteiger partial charge in [0.15, 0.2) is 0 Å². The SMILES string of the molecule is NC(CN1Cc2cc([OH2+])ccc2C1=O)(C(=O)NC=O)c1ccc(C23CN2C=CS3)cc1. The van der Waals surface area contributed by atoms with Gasteiger partial charge in [-0.05, 0) is 28.2 Å². The maximum Gasteiger partial charge on any atom is 0.254 e. The Morgan fingerprint density at radius 1 is 1.29 bits per heavy atom. The number of carbonyl (C=O) groups excluding carboxylic acids is 3. The van der Waals surface area contributed by atoms with Crippen molar-refractivity contribution >= 4 is 30.0 Å². The molecule has 3 amide bonds. The predicted molar refractivity (Wildman–Crippen MR) is 116 cm³/mol. The van der Waals surface area contributed by atoms with E-state index in [0.29, 0.717) is 23.3 Å². The quantitative estimate of drug-likeness (QED) is 0.394. The first-order chi connectivity index (χ1) is 14.9. The fourth-order valence-electron chi connectivity index (χ4n) is 4.33. The summed E-state index contributed by atoms with van der Waals surface area (Å²) in [5, 5.41) is 12.0. The van der Waals surface area contributed by atoms with Crippen LogP contribution in [0.15, 0.2) is 54.1 Å². The zero-order chi connectivity index (χ0) is 21.8. The number of imide groups is 1. The summed E-state index contributed by atoms with van der Waals surface area (Å²) in [5.74, 6) is -0.612. The zero-order valence-electron chi connectivity index (χ0n) is 16.5. The molecular formula is C22H21N4O4S+. The van der Waals surface area contributed by atoms with Crippen molar-refractivity contribution in [1.29, 1.82) is 0 Å². The van der Waals surface area contributed by atoms with Gasteiger partial charge >= 0.3 is 0 Å². The molecule has 0 saturated carbocycles. The van der Waals surface area contributed by atoms with Crippen molar-refractivity contribution in [2.24, 2.45) is 5.73 Å². The van der Waals surface area contributed by atoms with E-state index < -0.39 is 11.4 Å². The maximum atomic E-state index is 12.9. The number of nitrogens with two attached hydrogens (primary N) is 1. The van der Waals surface area contributed by atoms with Crippen LogP contribution in [0.5, 0.6) is 5.75 Å². The Bertz CT molecular complexity index is 1130. The van der Waals surface area contributed by atoms with E-state index in [-0.39, 0.29) is 23.9 Å². The molecule has 1 fully saturated rings. The summed E-state index contributed by atoms with van der Waals surface area (Å²) in [6, 6.07) is 12.3. The number of benzene rings is 2. The third kappa shape index (κ3) is 3.00. The minimum Gasteiger partial charge on any atom is -0.593 e. The fourth-order valence-corrected chi connectivity index (χ4v) is 5.44. The molecule has 2 unspecified atom stereocenters. The fraction of sp³-hybridized carbons (Fsp3) is 0.227. The van der Waals surface area contributed by atoms with Crippen molar-refractivity contribution in [3.63, 3.8) is 0 Å². The Labute approximate surface area is 182 Å². The molecule has 0 aliphatic carbocycles. The molecule has 0 radical (unpaired) electrons. The van der Waals surface area contributed by atoms with E-state index in [1.807, 2.05) is 12.1 Å². The highest BCUT2D eigenvalue weighted by Crippen LogP contribution is 2.56. The Morgan fingerprint density at radius 2 is 2.06 bits per heavy atom. The number of nitrogens with zero attached hydrogens (tertiary/aromatic N) is 2. The summed E-state index contributed by atoms with van der Waals surface area (Å²) in [7, 11) is 0. The molecule has 9 heteroatoms. The second kappa shape index (κ2) is 6.86. The number of rotatable bonds is 6. The Kier molecular flexibility index (Phi) is 4.35. The van der Waals surface area contributed by atoms with Crippen molar-refractivity contribution in [2.75, 3.05) is 13.1 Å². The smallest absolute Gasteiger partial charge is 0.254 e. The monoisotopic (exact) mass is 437 g/mol. The molecule has 5 N–H and O–H groups in total. The Hall–Kier alpha value is -3.30. The molecule has 3 aliphatic heterocycles. The van der Waals surface area contributed by atoms with Crippen LogP contribution in [0.3, 0.4) is 0 Å². The summed E-state index contributed by atoms with van der Waals surface area (Å²) in [6.45, 7) is 1.10. The minimum absolute atomic E-state index is 0.0681. The summed E-state index contributed by atoms with van der Waals surface area (Å²) in [6.07, 6.45) is 2.36. The lowest BCUT2D eigenvalue weighted by Crippen LogP contribution is -2.57. The minimum atomic E-state index is -1.61. The summed E-state index contributed by atoms with van der Waals surface area (Å²) >= 11 is 1.74. The van der Waals surface area contributed by atoms with Crippen LogP contribution in [0.1, 0.15) is 27.0 Å². The van der Waals surface area contributed by atoms with Crippen LogP contribution >= 0.6 is 11.8 Å². The van der Waals surface area contributed by atoms with E-state index in [4.69, 9.17) is 10.8 Å². The van der Waals surface area contributed by atoms with Crippen molar-refractivity contribution in [3.05, 3.63) is 76.3 Å². The van der Waals surface area contributed by atoms with Gasteiger partial charge in [-0.1, -0.05) is 36.0 Å². The van der Waals surface area contributed by atoms with Crippen molar-refractivity contribution in [1.82, 2.24) is 15.1 Å². The summed E-state index contributed by atoms with van der Waals surface area (Å²) < 4.78 is 0. The van der Waals surface area contributed by atoms with Crippen LogP contribution in [0, 0.1) is 0 Å². The van der Waals surface area contributed by atoms with Gasteiger partial charge in [0.05, 0.1) is 13.1 Å². The third-order valence-electron chi connectivity index (χ3n) is 6.12. The van der Waals surface area contributed by atoms with Gasteiger partial charge in [-0.2, -0.15) is 0 Å². The normalized spacial score (nSPS) is 22.7. The van der Waals surface area contributed by atoms with Crippen LogP contribution in [0.4, 0.5) is 0 Å². The molecule has 0 aromatic heterocycles. The van der Waals surface area contributed by atoms with Gasteiger partial charge in [-0.3, -0.25) is 19.7 Å². The third-order valence-corrected chi connectivity index (χ3v) is 7.37. The van der Waals surface area contributed by atoms with E-state index >= 15 is 0 Å². The predicted octanol–water partition coefficient (Wildman–Crippen LogP) is 0.893. The van der Waals surface area contributed by atoms with Gasteiger partial charge in [-0.25, -0.2) is 0 Å². The number of hydrogen-bond donors (Lipinski definition) is 2. The average molecular weight is 438 g/mol. The van der Waals surface area contributed by atoms with Gasteiger partial charge in [0.1, 0.15) is 10.4 Å². The highest BCUT2D eigenvalue weighted by atomic mass is 32.2. The van der Waals surface area contributed by atoms with Gasteiger partial charge in [0.25, 0.3) is 17.6 Å². The molecule has 2 aromatic rings. The van der Waals surface area contributed by atoms with Gasteiger partial charge in [0.2, 0.25) is 6.41 Å². The van der Waals surface area contributed by atoms with Crippen LogP contribution in [0.2, 0.25) is 0 Å². The van der Waals surface area contributed by atoms with Crippen LogP contribution < -0.4 is 11.1 Å². The number of carbonyl (C=O) groups is 3. The molecule has 3 aliphatic rings. The number of fused-ring (bicyclic) bond motifs is 2. The van der Waals surface area contributed by atoms with Crippen LogP contribution in [0.25, 0.3) is 0 Å². The van der Waals surface area contributed by atoms with E-state index in [1.165, 1.54) is 4.90 Å². The molecule has 0 bridgehead atoms. The number of nitrogens with one attached hydrogen (secondary N) is 1. The van der Waals surface area contributed by atoms with Crippen molar-refractivity contribution in [2.45, 2.75) is 17.0 Å².